The molecule has 3 aromatic rings. The summed E-state index contributed by atoms with van der Waals surface area (Å²) >= 11 is 1.24. The van der Waals surface area contributed by atoms with Crippen LogP contribution in [-0.4, -0.2) is 26.9 Å². The van der Waals surface area contributed by atoms with E-state index in [1.165, 1.54) is 23.6 Å². The Morgan fingerprint density at radius 1 is 1.08 bits per heavy atom. The molecule has 126 valence electrons. The molecule has 0 bridgehead atoms. The largest absolute Gasteiger partial charge is 0.504 e. The summed E-state index contributed by atoms with van der Waals surface area (Å²) in [5.74, 6) is -0.630. The second-order valence-electron chi connectivity index (χ2n) is 5.06. The van der Waals surface area contributed by atoms with Crippen molar-refractivity contribution in [1.29, 1.82) is 0 Å². The predicted molar refractivity (Wildman–Crippen MR) is 94.7 cm³/mol. The lowest BCUT2D eigenvalue weighted by Gasteiger charge is -2.04. The zero-order valence-corrected chi connectivity index (χ0v) is 13.8. The zero-order chi connectivity index (χ0) is 17.6. The van der Waals surface area contributed by atoms with E-state index in [4.69, 9.17) is 0 Å². The average molecular weight is 354 g/mol. The number of nitrogens with one attached hydrogen (secondary N) is 2. The third kappa shape index (κ3) is 4.39. The number of amides is 2. The van der Waals surface area contributed by atoms with Crippen LogP contribution < -0.4 is 10.6 Å². The number of benzene rings is 1. The topological polar surface area (TPSA) is 104 Å². The summed E-state index contributed by atoms with van der Waals surface area (Å²) < 4.78 is 0. The fourth-order valence-electron chi connectivity index (χ4n) is 2.04. The molecule has 0 aliphatic carbocycles. The van der Waals surface area contributed by atoms with Crippen LogP contribution in [0.1, 0.15) is 16.1 Å². The first kappa shape index (κ1) is 16.6. The van der Waals surface area contributed by atoms with E-state index in [-0.39, 0.29) is 29.8 Å². The van der Waals surface area contributed by atoms with E-state index in [9.17, 15) is 14.7 Å². The highest BCUT2D eigenvalue weighted by Gasteiger charge is 2.12. The van der Waals surface area contributed by atoms with Crippen molar-refractivity contribution in [3.05, 3.63) is 65.3 Å². The Labute approximate surface area is 147 Å². The zero-order valence-electron chi connectivity index (χ0n) is 13.0. The average Bonchev–Trinajstić information content (AvgIpc) is 3.04. The summed E-state index contributed by atoms with van der Waals surface area (Å²) in [5, 5.41) is 16.9. The maximum absolute atomic E-state index is 12.1. The lowest BCUT2D eigenvalue weighted by Crippen LogP contribution is -2.16. The molecule has 3 rings (SSSR count). The van der Waals surface area contributed by atoms with E-state index < -0.39 is 0 Å². The van der Waals surface area contributed by atoms with Crippen molar-refractivity contribution in [2.45, 2.75) is 6.42 Å². The molecule has 0 unspecified atom stereocenters. The predicted octanol–water partition coefficient (Wildman–Crippen LogP) is 2.68. The first-order valence-electron chi connectivity index (χ1n) is 7.36. The van der Waals surface area contributed by atoms with E-state index in [0.29, 0.717) is 16.4 Å². The molecule has 25 heavy (non-hydrogen) atoms. The number of rotatable bonds is 5. The summed E-state index contributed by atoms with van der Waals surface area (Å²) in [5.41, 5.74) is 1.05. The number of hydrogen-bond acceptors (Lipinski definition) is 6. The number of carbonyl (C=O) groups is 2. The minimum atomic E-state index is -0.361. The molecule has 8 heteroatoms. The molecule has 2 heterocycles. The van der Waals surface area contributed by atoms with Gasteiger partial charge in [0, 0.05) is 17.1 Å². The van der Waals surface area contributed by atoms with Crippen LogP contribution in [-0.2, 0) is 11.2 Å². The summed E-state index contributed by atoms with van der Waals surface area (Å²) in [4.78, 5) is 32.2. The normalized spacial score (nSPS) is 10.2. The summed E-state index contributed by atoms with van der Waals surface area (Å²) in [6.07, 6.45) is 1.48. The van der Waals surface area contributed by atoms with Gasteiger partial charge in [-0.15, -0.1) is 11.3 Å². The Balaban J connectivity index is 1.59. The van der Waals surface area contributed by atoms with Crippen molar-refractivity contribution >= 4 is 34.1 Å². The molecular formula is C17H14N4O3S. The Morgan fingerprint density at radius 2 is 1.88 bits per heavy atom. The molecule has 0 aliphatic rings. The van der Waals surface area contributed by atoms with Crippen molar-refractivity contribution in [3.8, 4) is 5.75 Å². The number of thiazole rings is 1. The molecule has 0 saturated heterocycles. The minimum Gasteiger partial charge on any atom is -0.504 e. The molecule has 7 nitrogen and oxygen atoms in total. The Morgan fingerprint density at radius 3 is 2.64 bits per heavy atom. The van der Waals surface area contributed by atoms with E-state index in [2.05, 4.69) is 20.6 Å². The SMILES string of the molecule is O=C(Cc1csc(NC(=O)c2ccccc2)n1)Nc1ncccc1O. The highest BCUT2D eigenvalue weighted by molar-refractivity contribution is 7.14. The maximum Gasteiger partial charge on any atom is 0.257 e. The van der Waals surface area contributed by atoms with Gasteiger partial charge in [0.2, 0.25) is 5.91 Å². The molecule has 2 aromatic heterocycles. The highest BCUT2D eigenvalue weighted by atomic mass is 32.1. The van der Waals surface area contributed by atoms with Crippen LogP contribution in [0.25, 0.3) is 0 Å². The number of aromatic hydroxyl groups is 1. The van der Waals surface area contributed by atoms with E-state index in [1.807, 2.05) is 6.07 Å². The number of aromatic nitrogens is 2. The van der Waals surface area contributed by atoms with Crippen molar-refractivity contribution in [2.24, 2.45) is 0 Å². The van der Waals surface area contributed by atoms with Gasteiger partial charge >= 0.3 is 0 Å². The Hall–Kier alpha value is -3.26. The van der Waals surface area contributed by atoms with Crippen molar-refractivity contribution in [1.82, 2.24) is 9.97 Å². The number of anilines is 2. The van der Waals surface area contributed by atoms with Crippen molar-refractivity contribution < 1.29 is 14.7 Å². The second-order valence-corrected chi connectivity index (χ2v) is 5.92. The fourth-order valence-corrected chi connectivity index (χ4v) is 2.74. The quantitative estimate of drug-likeness (QED) is 0.653. The van der Waals surface area contributed by atoms with Crippen LogP contribution in [0.15, 0.2) is 54.0 Å². The van der Waals surface area contributed by atoms with Gasteiger partial charge < -0.3 is 10.4 Å². The van der Waals surface area contributed by atoms with Crippen LogP contribution in [0.3, 0.4) is 0 Å². The summed E-state index contributed by atoms with van der Waals surface area (Å²) in [7, 11) is 0. The molecule has 0 saturated carbocycles. The van der Waals surface area contributed by atoms with Gasteiger partial charge in [0.15, 0.2) is 16.7 Å². The molecule has 0 radical (unpaired) electrons. The molecule has 3 N–H and O–H groups in total. The van der Waals surface area contributed by atoms with Crippen LogP contribution >= 0.6 is 11.3 Å². The molecule has 2 amide bonds. The second kappa shape index (κ2) is 7.54. The third-order valence-electron chi connectivity index (χ3n) is 3.19. The van der Waals surface area contributed by atoms with Gasteiger partial charge in [-0.25, -0.2) is 9.97 Å². The highest BCUT2D eigenvalue weighted by Crippen LogP contribution is 2.20. The van der Waals surface area contributed by atoms with Gasteiger partial charge in [-0.3, -0.25) is 14.9 Å². The van der Waals surface area contributed by atoms with E-state index in [0.717, 1.165) is 0 Å². The maximum atomic E-state index is 12.1. The van der Waals surface area contributed by atoms with Gasteiger partial charge in [-0.2, -0.15) is 0 Å². The number of pyridine rings is 1. The number of hydrogen-bond donors (Lipinski definition) is 3. The minimum absolute atomic E-state index is 0.00766. The third-order valence-corrected chi connectivity index (χ3v) is 4.00. The lowest BCUT2D eigenvalue weighted by atomic mass is 10.2. The standard InChI is InChI=1S/C17H14N4O3S/c22-13-7-4-8-18-15(13)20-14(23)9-12-10-25-17(19-12)21-16(24)11-5-2-1-3-6-11/h1-8,10,22H,9H2,(H,18,20,23)(H,19,21,24). The van der Waals surface area contributed by atoms with Crippen LogP contribution in [0, 0.1) is 0 Å². The van der Waals surface area contributed by atoms with E-state index >= 15 is 0 Å². The molecule has 0 spiro atoms. The van der Waals surface area contributed by atoms with Crippen LogP contribution in [0.5, 0.6) is 5.75 Å². The summed E-state index contributed by atoms with van der Waals surface area (Å²) in [6.45, 7) is 0. The lowest BCUT2D eigenvalue weighted by molar-refractivity contribution is -0.115. The van der Waals surface area contributed by atoms with Gasteiger partial charge in [0.25, 0.3) is 5.91 Å². The van der Waals surface area contributed by atoms with Gasteiger partial charge in [0.1, 0.15) is 0 Å². The van der Waals surface area contributed by atoms with Gasteiger partial charge in [0.05, 0.1) is 12.1 Å². The number of nitrogens with zero attached hydrogens (tertiary/aromatic N) is 2. The molecule has 0 aliphatic heterocycles. The fraction of sp³-hybridized carbons (Fsp3) is 0.0588. The Kier molecular flexibility index (Phi) is 5.00. The number of carbonyl (C=O) groups excluding carboxylic acids is 2. The van der Waals surface area contributed by atoms with Crippen molar-refractivity contribution in [3.63, 3.8) is 0 Å². The monoisotopic (exact) mass is 354 g/mol. The summed E-state index contributed by atoms with van der Waals surface area (Å²) in [6, 6.07) is 11.8. The van der Waals surface area contributed by atoms with Gasteiger partial charge in [-0.05, 0) is 24.3 Å². The smallest absolute Gasteiger partial charge is 0.257 e. The molecule has 0 atom stereocenters. The molecule has 1 aromatic carbocycles. The van der Waals surface area contributed by atoms with Crippen molar-refractivity contribution in [2.75, 3.05) is 10.6 Å². The van der Waals surface area contributed by atoms with E-state index in [1.54, 1.807) is 35.7 Å². The van der Waals surface area contributed by atoms with Crippen LogP contribution in [0.2, 0.25) is 0 Å². The first-order valence-corrected chi connectivity index (χ1v) is 8.24. The first-order chi connectivity index (χ1) is 12.1. The molecular weight excluding hydrogens is 340 g/mol. The Bertz CT molecular complexity index is 896. The molecule has 0 fully saturated rings. The van der Waals surface area contributed by atoms with Gasteiger partial charge in [-0.1, -0.05) is 18.2 Å². The van der Waals surface area contributed by atoms with Crippen LogP contribution in [0.4, 0.5) is 10.9 Å².